The van der Waals surface area contributed by atoms with E-state index in [-0.39, 0.29) is 6.61 Å². The van der Waals surface area contributed by atoms with E-state index in [1.807, 2.05) is 0 Å². The smallest absolute Gasteiger partial charge is 0.0972 e. The normalized spacial score (nSPS) is 32.6. The highest BCUT2D eigenvalue weighted by molar-refractivity contribution is 4.80. The predicted octanol–water partition coefficient (Wildman–Crippen LogP) is 0.898. The van der Waals surface area contributed by atoms with Crippen LogP contribution >= 0.6 is 0 Å². The van der Waals surface area contributed by atoms with Crippen molar-refractivity contribution in [3.8, 4) is 0 Å². The van der Waals surface area contributed by atoms with Crippen LogP contribution in [0, 0.1) is 5.92 Å². The number of hydrogen-bond acceptors (Lipinski definition) is 3. The molecule has 0 saturated heterocycles. The Morgan fingerprint density at radius 1 is 1.29 bits per heavy atom. The van der Waals surface area contributed by atoms with E-state index in [2.05, 4.69) is 12.2 Å². The molecule has 1 aliphatic carbocycles. The summed E-state index contributed by atoms with van der Waals surface area (Å²) in [5.74, 6) is 0.853. The summed E-state index contributed by atoms with van der Waals surface area (Å²) in [6, 6.07) is 0.532. The first-order valence-corrected chi connectivity index (χ1v) is 5.60. The van der Waals surface area contributed by atoms with Crippen LogP contribution in [0.5, 0.6) is 0 Å². The monoisotopic (exact) mass is 201 g/mol. The van der Waals surface area contributed by atoms with E-state index in [4.69, 9.17) is 5.11 Å². The van der Waals surface area contributed by atoms with E-state index in [1.165, 1.54) is 25.7 Å². The van der Waals surface area contributed by atoms with E-state index in [1.54, 1.807) is 6.92 Å². The van der Waals surface area contributed by atoms with Crippen LogP contribution in [-0.2, 0) is 0 Å². The van der Waals surface area contributed by atoms with Gasteiger partial charge in [-0.3, -0.25) is 0 Å². The van der Waals surface area contributed by atoms with E-state index in [0.29, 0.717) is 12.6 Å². The molecule has 3 heteroatoms. The van der Waals surface area contributed by atoms with Gasteiger partial charge in [0.25, 0.3) is 0 Å². The minimum Gasteiger partial charge on any atom is -0.393 e. The van der Waals surface area contributed by atoms with E-state index in [0.717, 1.165) is 5.92 Å². The molecule has 0 aromatic rings. The Morgan fingerprint density at radius 2 is 1.86 bits per heavy atom. The second-order valence-electron chi connectivity index (χ2n) is 4.99. The fraction of sp³-hybridized carbons (Fsp3) is 1.00. The lowest BCUT2D eigenvalue weighted by Gasteiger charge is -2.30. The zero-order valence-electron chi connectivity index (χ0n) is 9.29. The van der Waals surface area contributed by atoms with E-state index < -0.39 is 5.60 Å². The van der Waals surface area contributed by atoms with Crippen LogP contribution in [0.3, 0.4) is 0 Å². The van der Waals surface area contributed by atoms with Gasteiger partial charge in [-0.25, -0.2) is 0 Å². The van der Waals surface area contributed by atoms with Crippen LogP contribution in [0.15, 0.2) is 0 Å². The summed E-state index contributed by atoms with van der Waals surface area (Å²) in [4.78, 5) is 0. The first-order valence-electron chi connectivity index (χ1n) is 5.60. The number of rotatable bonds is 4. The number of aliphatic hydroxyl groups is 2. The molecule has 0 aromatic heterocycles. The molecule has 0 amide bonds. The van der Waals surface area contributed by atoms with Crippen LogP contribution in [0.1, 0.15) is 39.5 Å². The maximum absolute atomic E-state index is 9.59. The average molecular weight is 201 g/mol. The molecule has 0 spiro atoms. The summed E-state index contributed by atoms with van der Waals surface area (Å²) < 4.78 is 0. The SMILES string of the molecule is CC1CCC(NCC(C)(O)CO)CC1. The van der Waals surface area contributed by atoms with Crippen molar-refractivity contribution in [3.05, 3.63) is 0 Å². The minimum absolute atomic E-state index is 0.177. The largest absolute Gasteiger partial charge is 0.393 e. The van der Waals surface area contributed by atoms with Crippen molar-refractivity contribution < 1.29 is 10.2 Å². The average Bonchev–Trinajstić information content (AvgIpc) is 2.17. The van der Waals surface area contributed by atoms with Gasteiger partial charge in [-0.2, -0.15) is 0 Å². The van der Waals surface area contributed by atoms with Crippen molar-refractivity contribution >= 4 is 0 Å². The third-order valence-electron chi connectivity index (χ3n) is 3.13. The summed E-state index contributed by atoms with van der Waals surface area (Å²) in [5.41, 5.74) is -0.969. The Kier molecular flexibility index (Phi) is 4.35. The molecule has 3 nitrogen and oxygen atoms in total. The molecule has 14 heavy (non-hydrogen) atoms. The topological polar surface area (TPSA) is 52.5 Å². The second-order valence-corrected chi connectivity index (χ2v) is 4.99. The first kappa shape index (κ1) is 12.0. The minimum atomic E-state index is -0.969. The number of hydrogen-bond donors (Lipinski definition) is 3. The summed E-state index contributed by atoms with van der Waals surface area (Å²) in [7, 11) is 0. The predicted molar refractivity (Wildman–Crippen MR) is 57.1 cm³/mol. The summed E-state index contributed by atoms with van der Waals surface area (Å²) in [6.07, 6.45) is 4.95. The molecule has 0 aliphatic heterocycles. The second kappa shape index (κ2) is 5.10. The summed E-state index contributed by atoms with van der Waals surface area (Å²) >= 11 is 0. The molecule has 1 atom stereocenters. The van der Waals surface area contributed by atoms with Gasteiger partial charge in [0.05, 0.1) is 12.2 Å². The molecule has 84 valence electrons. The first-order chi connectivity index (χ1) is 6.53. The number of aliphatic hydroxyl groups excluding tert-OH is 1. The van der Waals surface area contributed by atoms with E-state index >= 15 is 0 Å². The van der Waals surface area contributed by atoms with Gasteiger partial charge in [0.2, 0.25) is 0 Å². The van der Waals surface area contributed by atoms with Crippen LogP contribution in [0.25, 0.3) is 0 Å². The quantitative estimate of drug-likeness (QED) is 0.633. The summed E-state index contributed by atoms with van der Waals surface area (Å²) in [5, 5.41) is 21.8. The van der Waals surface area contributed by atoms with Crippen molar-refractivity contribution in [2.45, 2.75) is 51.2 Å². The molecule has 1 aliphatic rings. The highest BCUT2D eigenvalue weighted by Gasteiger charge is 2.23. The molecule has 0 aromatic carbocycles. The third-order valence-corrected chi connectivity index (χ3v) is 3.13. The highest BCUT2D eigenvalue weighted by atomic mass is 16.3. The van der Waals surface area contributed by atoms with Crippen LogP contribution in [-0.4, -0.2) is 35.0 Å². The molecule has 1 saturated carbocycles. The summed E-state index contributed by atoms with van der Waals surface area (Å²) in [6.45, 7) is 4.26. The Hall–Kier alpha value is -0.120. The third kappa shape index (κ3) is 3.95. The molecule has 1 unspecified atom stereocenters. The molecule has 0 radical (unpaired) electrons. The Balaban J connectivity index is 2.19. The lowest BCUT2D eigenvalue weighted by molar-refractivity contribution is -0.000400. The zero-order chi connectivity index (χ0) is 10.6. The lowest BCUT2D eigenvalue weighted by atomic mass is 9.87. The van der Waals surface area contributed by atoms with Crippen molar-refractivity contribution in [3.63, 3.8) is 0 Å². The van der Waals surface area contributed by atoms with Gasteiger partial charge in [-0.1, -0.05) is 6.92 Å². The highest BCUT2D eigenvalue weighted by Crippen LogP contribution is 2.23. The standard InChI is InChI=1S/C11H23NO2/c1-9-3-5-10(6-4-9)12-7-11(2,14)8-13/h9-10,12-14H,3-8H2,1-2H3. The molecule has 3 N–H and O–H groups in total. The van der Waals surface area contributed by atoms with Crippen molar-refractivity contribution in [1.29, 1.82) is 0 Å². The fourth-order valence-corrected chi connectivity index (χ4v) is 1.88. The van der Waals surface area contributed by atoms with Crippen molar-refractivity contribution in [1.82, 2.24) is 5.32 Å². The van der Waals surface area contributed by atoms with Gasteiger partial charge in [-0.05, 0) is 38.5 Å². The van der Waals surface area contributed by atoms with Gasteiger partial charge < -0.3 is 15.5 Å². The van der Waals surface area contributed by atoms with Gasteiger partial charge in [0.1, 0.15) is 0 Å². The maximum Gasteiger partial charge on any atom is 0.0972 e. The van der Waals surface area contributed by atoms with Gasteiger partial charge in [0.15, 0.2) is 0 Å². The van der Waals surface area contributed by atoms with Crippen LogP contribution < -0.4 is 5.32 Å². The van der Waals surface area contributed by atoms with Crippen LogP contribution in [0.4, 0.5) is 0 Å². The van der Waals surface area contributed by atoms with Crippen LogP contribution in [0.2, 0.25) is 0 Å². The van der Waals surface area contributed by atoms with Gasteiger partial charge >= 0.3 is 0 Å². The maximum atomic E-state index is 9.59. The Morgan fingerprint density at radius 3 is 2.36 bits per heavy atom. The number of nitrogens with one attached hydrogen (secondary N) is 1. The van der Waals surface area contributed by atoms with Crippen molar-refractivity contribution in [2.24, 2.45) is 5.92 Å². The van der Waals surface area contributed by atoms with Crippen molar-refractivity contribution in [2.75, 3.05) is 13.2 Å². The lowest BCUT2D eigenvalue weighted by Crippen LogP contribution is -2.45. The fourth-order valence-electron chi connectivity index (χ4n) is 1.88. The van der Waals surface area contributed by atoms with Gasteiger partial charge in [0, 0.05) is 12.6 Å². The van der Waals surface area contributed by atoms with E-state index in [9.17, 15) is 5.11 Å². The molecule has 1 fully saturated rings. The molecule has 0 heterocycles. The molecule has 0 bridgehead atoms. The molecule has 1 rings (SSSR count). The Labute approximate surface area is 86.5 Å². The zero-order valence-corrected chi connectivity index (χ0v) is 9.29. The molecular weight excluding hydrogens is 178 g/mol. The van der Waals surface area contributed by atoms with Gasteiger partial charge in [-0.15, -0.1) is 0 Å². The Bertz CT molecular complexity index is 163. The molecular formula is C11H23NO2.